The number of benzene rings is 1. The van der Waals surface area contributed by atoms with Crippen molar-refractivity contribution in [1.29, 1.82) is 0 Å². The van der Waals surface area contributed by atoms with Crippen LogP contribution in [0.1, 0.15) is 19.8 Å². The maximum atomic E-state index is 6.18. The molecule has 0 aromatic heterocycles. The van der Waals surface area contributed by atoms with E-state index in [2.05, 4.69) is 4.90 Å². The zero-order valence-corrected chi connectivity index (χ0v) is 15.8. The van der Waals surface area contributed by atoms with Crippen molar-refractivity contribution in [3.63, 3.8) is 0 Å². The predicted octanol–water partition coefficient (Wildman–Crippen LogP) is 4.92. The first-order valence-electron chi connectivity index (χ1n) is 7.66. The molecule has 2 fully saturated rings. The zero-order valence-electron chi connectivity index (χ0n) is 12.7. The lowest BCUT2D eigenvalue weighted by molar-refractivity contribution is 0.291. The number of nitrogens with zero attached hydrogens (tertiary/aromatic N) is 1. The summed E-state index contributed by atoms with van der Waals surface area (Å²) in [6.07, 6.45) is 2.30. The molecule has 0 bridgehead atoms. The van der Waals surface area contributed by atoms with E-state index in [4.69, 9.17) is 56.5 Å². The van der Waals surface area contributed by atoms with Crippen LogP contribution in [0.3, 0.4) is 0 Å². The van der Waals surface area contributed by atoms with E-state index in [9.17, 15) is 0 Å². The van der Waals surface area contributed by atoms with Crippen LogP contribution in [0.15, 0.2) is 18.2 Å². The number of halogens is 3. The van der Waals surface area contributed by atoms with E-state index in [-0.39, 0.29) is 11.8 Å². The van der Waals surface area contributed by atoms with Crippen LogP contribution in [0.2, 0.25) is 5.02 Å². The molecule has 1 aromatic rings. The second-order valence-electron chi connectivity index (χ2n) is 6.04. The van der Waals surface area contributed by atoms with Gasteiger partial charge >= 0.3 is 0 Å². The normalized spacial score (nSPS) is 25.3. The van der Waals surface area contributed by atoms with Gasteiger partial charge in [0.25, 0.3) is 5.17 Å². The molecule has 7 heteroatoms. The third kappa shape index (κ3) is 3.81. The van der Waals surface area contributed by atoms with Gasteiger partial charge in [0.15, 0.2) is 0 Å². The van der Waals surface area contributed by atoms with Gasteiger partial charge in [-0.15, -0.1) is 23.2 Å². The van der Waals surface area contributed by atoms with E-state index in [1.54, 1.807) is 18.2 Å². The highest BCUT2D eigenvalue weighted by Gasteiger charge is 2.60. The Morgan fingerprint density at radius 3 is 2.61 bits per heavy atom. The first kappa shape index (κ1) is 17.4. The molecule has 0 spiro atoms. The van der Waals surface area contributed by atoms with Crippen molar-refractivity contribution in [2.45, 2.75) is 24.1 Å². The van der Waals surface area contributed by atoms with E-state index in [1.807, 2.05) is 6.92 Å². The molecule has 0 unspecified atom stereocenters. The molecule has 1 aromatic carbocycles. The van der Waals surface area contributed by atoms with Gasteiger partial charge in [-0.3, -0.25) is 0 Å². The van der Waals surface area contributed by atoms with Crippen LogP contribution >= 0.6 is 47.0 Å². The summed E-state index contributed by atoms with van der Waals surface area (Å²) in [5.41, 5.74) is 0. The van der Waals surface area contributed by atoms with E-state index in [0.29, 0.717) is 28.3 Å². The highest BCUT2D eigenvalue weighted by molar-refractivity contribution is 7.80. The minimum atomic E-state index is -0.697. The fourth-order valence-electron chi connectivity index (χ4n) is 2.72. The minimum absolute atomic E-state index is 0.108. The van der Waals surface area contributed by atoms with Gasteiger partial charge in [-0.2, -0.15) is 0 Å². The molecule has 0 amide bonds. The molecule has 126 valence electrons. The molecule has 3 nitrogen and oxygen atoms in total. The smallest absolute Gasteiger partial charge is 0.264 e. The van der Waals surface area contributed by atoms with Crippen molar-refractivity contribution in [1.82, 2.24) is 4.90 Å². The van der Waals surface area contributed by atoms with Gasteiger partial charge < -0.3 is 14.4 Å². The van der Waals surface area contributed by atoms with Gasteiger partial charge in [-0.1, -0.05) is 18.5 Å². The van der Waals surface area contributed by atoms with Crippen molar-refractivity contribution in [2.75, 3.05) is 19.7 Å². The van der Waals surface area contributed by atoms with Crippen LogP contribution in [0, 0.1) is 11.8 Å². The average Bonchev–Trinajstić information content (AvgIpc) is 2.92. The number of rotatable bonds is 4. The summed E-state index contributed by atoms with van der Waals surface area (Å²) in [6, 6.07) is 5.27. The number of alkyl halides is 2. The van der Waals surface area contributed by atoms with Crippen molar-refractivity contribution >= 4 is 52.2 Å². The summed E-state index contributed by atoms with van der Waals surface area (Å²) >= 11 is 23.8. The molecule has 23 heavy (non-hydrogen) atoms. The summed E-state index contributed by atoms with van der Waals surface area (Å²) in [5, 5.41) is 1.01. The van der Waals surface area contributed by atoms with Gasteiger partial charge in [0.2, 0.25) is 0 Å². The Morgan fingerprint density at radius 2 is 2.00 bits per heavy atom. The molecule has 1 aliphatic carbocycles. The Balaban J connectivity index is 1.61. The third-order valence-electron chi connectivity index (χ3n) is 4.49. The Kier molecular flexibility index (Phi) is 5.17. The topological polar surface area (TPSA) is 21.7 Å². The first-order valence-corrected chi connectivity index (χ1v) is 9.20. The Morgan fingerprint density at radius 1 is 1.35 bits per heavy atom. The average molecular weight is 395 g/mol. The maximum Gasteiger partial charge on any atom is 0.264 e. The Bertz CT molecular complexity index is 605. The first-order chi connectivity index (χ1) is 10.9. The largest absolute Gasteiger partial charge is 0.491 e. The lowest BCUT2D eigenvalue weighted by Gasteiger charge is -2.18. The maximum absolute atomic E-state index is 6.18. The summed E-state index contributed by atoms with van der Waals surface area (Å²) in [6.45, 7) is 4.32. The molecule has 0 N–H and O–H groups in total. The molecule has 2 aliphatic rings. The summed E-state index contributed by atoms with van der Waals surface area (Å²) in [4.78, 5) is 2.06. The van der Waals surface area contributed by atoms with Crippen molar-refractivity contribution in [2.24, 2.45) is 11.8 Å². The SMILES string of the molecule is C[C@H]1[C@@H](COc2cc(OC(=S)N3CCCC3)ccc2Cl)C1(Cl)Cl. The van der Waals surface area contributed by atoms with Gasteiger partial charge in [0, 0.05) is 25.1 Å². The van der Waals surface area contributed by atoms with E-state index in [1.165, 1.54) is 0 Å². The Labute approximate surface area is 156 Å². The fraction of sp³-hybridized carbons (Fsp3) is 0.562. The van der Waals surface area contributed by atoms with E-state index < -0.39 is 4.33 Å². The summed E-state index contributed by atoms with van der Waals surface area (Å²) < 4.78 is 10.8. The van der Waals surface area contributed by atoms with Crippen molar-refractivity contribution in [3.05, 3.63) is 23.2 Å². The van der Waals surface area contributed by atoms with Crippen LogP contribution < -0.4 is 9.47 Å². The van der Waals surface area contributed by atoms with Crippen LogP contribution in [0.4, 0.5) is 0 Å². The molecule has 3 rings (SSSR count). The standard InChI is InChI=1S/C16H18Cl3NO2S/c1-10-12(16(10,18)19)9-21-14-8-11(4-5-13(14)17)22-15(23)20-6-2-3-7-20/h4-5,8,10,12H,2-3,6-7,9H2,1H3/t10-,12+/m0/s1. The highest BCUT2D eigenvalue weighted by Crippen LogP contribution is 2.58. The Hall–Kier alpha value is -0.420. The molecule has 1 heterocycles. The number of hydrogen-bond donors (Lipinski definition) is 0. The van der Waals surface area contributed by atoms with Crippen LogP contribution in [0.5, 0.6) is 11.5 Å². The van der Waals surface area contributed by atoms with E-state index in [0.717, 1.165) is 25.9 Å². The summed E-state index contributed by atoms with van der Waals surface area (Å²) in [5.74, 6) is 1.49. The van der Waals surface area contributed by atoms with E-state index >= 15 is 0 Å². The molecule has 1 saturated heterocycles. The molecule has 2 atom stereocenters. The highest BCUT2D eigenvalue weighted by atomic mass is 35.5. The monoisotopic (exact) mass is 393 g/mol. The molecule has 0 radical (unpaired) electrons. The third-order valence-corrected chi connectivity index (χ3v) is 6.39. The number of hydrogen-bond acceptors (Lipinski definition) is 3. The quantitative estimate of drug-likeness (QED) is 0.534. The molecule has 1 aliphatic heterocycles. The number of thiocarbonyl (C=S) groups is 1. The second kappa shape index (κ2) is 6.83. The number of ether oxygens (including phenoxy) is 2. The van der Waals surface area contributed by atoms with Gasteiger partial charge in [0.05, 0.1) is 11.6 Å². The zero-order chi connectivity index (χ0) is 16.6. The van der Waals surface area contributed by atoms with Gasteiger partial charge in [-0.25, -0.2) is 0 Å². The van der Waals surface area contributed by atoms with Crippen molar-refractivity contribution < 1.29 is 9.47 Å². The van der Waals surface area contributed by atoms with Crippen LogP contribution in [0.25, 0.3) is 0 Å². The molecular weight excluding hydrogens is 377 g/mol. The van der Waals surface area contributed by atoms with Crippen LogP contribution in [-0.2, 0) is 0 Å². The van der Waals surface area contributed by atoms with Crippen molar-refractivity contribution in [3.8, 4) is 11.5 Å². The van der Waals surface area contributed by atoms with Crippen LogP contribution in [-0.4, -0.2) is 34.1 Å². The van der Waals surface area contributed by atoms with Gasteiger partial charge in [-0.05, 0) is 43.1 Å². The predicted molar refractivity (Wildman–Crippen MR) is 98.1 cm³/mol. The van der Waals surface area contributed by atoms with Gasteiger partial charge in [0.1, 0.15) is 15.8 Å². The summed E-state index contributed by atoms with van der Waals surface area (Å²) in [7, 11) is 0. The number of likely N-dealkylation sites (tertiary alicyclic amines) is 1. The molecule has 1 saturated carbocycles. The fourth-order valence-corrected chi connectivity index (χ4v) is 3.85. The molecular formula is C16H18Cl3NO2S. The lowest BCUT2D eigenvalue weighted by atomic mass is 10.3. The lowest BCUT2D eigenvalue weighted by Crippen LogP contribution is -2.30. The minimum Gasteiger partial charge on any atom is -0.491 e. The second-order valence-corrected chi connectivity index (χ2v) is 8.24.